The standard InChI is InChI=1S/C19H18FNO3/c1-21(19(22)9-5-14-2-6-16(20)7-3-14)13-15-4-8-17-18(12-15)24-11-10-23-17/h2-9,12H,10-11,13H2,1H3/b9-5+. The third-order valence-corrected chi connectivity index (χ3v) is 3.69. The van der Waals surface area contributed by atoms with Crippen LogP contribution in [0.2, 0.25) is 0 Å². The van der Waals surface area contributed by atoms with Gasteiger partial charge in [-0.2, -0.15) is 0 Å². The van der Waals surface area contributed by atoms with Gasteiger partial charge in [0.25, 0.3) is 0 Å². The monoisotopic (exact) mass is 327 g/mol. The molecule has 2 aromatic rings. The van der Waals surface area contributed by atoms with Crippen molar-refractivity contribution < 1.29 is 18.7 Å². The highest BCUT2D eigenvalue weighted by Crippen LogP contribution is 2.31. The third kappa shape index (κ3) is 3.93. The molecule has 0 aliphatic carbocycles. The zero-order valence-corrected chi connectivity index (χ0v) is 13.4. The van der Waals surface area contributed by atoms with Gasteiger partial charge in [0.2, 0.25) is 5.91 Å². The molecule has 0 N–H and O–H groups in total. The lowest BCUT2D eigenvalue weighted by molar-refractivity contribution is -0.125. The van der Waals surface area contributed by atoms with Crippen LogP contribution < -0.4 is 9.47 Å². The normalized spacial score (nSPS) is 13.1. The van der Waals surface area contributed by atoms with Crippen molar-refractivity contribution in [2.24, 2.45) is 0 Å². The maximum atomic E-state index is 12.9. The van der Waals surface area contributed by atoms with Crippen LogP contribution in [0.3, 0.4) is 0 Å². The van der Waals surface area contributed by atoms with Crippen LogP contribution in [0.25, 0.3) is 6.08 Å². The summed E-state index contributed by atoms with van der Waals surface area (Å²) in [4.78, 5) is 13.8. The Morgan fingerprint density at radius 2 is 1.83 bits per heavy atom. The molecule has 0 radical (unpaired) electrons. The van der Waals surface area contributed by atoms with E-state index in [9.17, 15) is 9.18 Å². The molecule has 124 valence electrons. The van der Waals surface area contributed by atoms with Crippen molar-refractivity contribution >= 4 is 12.0 Å². The number of nitrogens with zero attached hydrogens (tertiary/aromatic N) is 1. The second-order valence-corrected chi connectivity index (χ2v) is 5.56. The highest BCUT2D eigenvalue weighted by Gasteiger charge is 2.13. The molecule has 0 bridgehead atoms. The molecule has 1 amide bonds. The van der Waals surface area contributed by atoms with Gasteiger partial charge in [0.15, 0.2) is 11.5 Å². The molecule has 1 heterocycles. The highest BCUT2D eigenvalue weighted by molar-refractivity contribution is 5.91. The molecule has 1 aliphatic heterocycles. The molecule has 0 saturated carbocycles. The van der Waals surface area contributed by atoms with Gasteiger partial charge in [-0.1, -0.05) is 18.2 Å². The van der Waals surface area contributed by atoms with E-state index in [1.54, 1.807) is 30.2 Å². The van der Waals surface area contributed by atoms with Crippen molar-refractivity contribution in [2.75, 3.05) is 20.3 Å². The maximum absolute atomic E-state index is 12.9. The molecule has 4 nitrogen and oxygen atoms in total. The van der Waals surface area contributed by atoms with Gasteiger partial charge in [0.05, 0.1) is 0 Å². The summed E-state index contributed by atoms with van der Waals surface area (Å²) in [6.45, 7) is 1.55. The van der Waals surface area contributed by atoms with Crippen LogP contribution in [0.1, 0.15) is 11.1 Å². The SMILES string of the molecule is CN(Cc1ccc2c(c1)OCCO2)C(=O)/C=C/c1ccc(F)cc1. The smallest absolute Gasteiger partial charge is 0.246 e. The summed E-state index contributed by atoms with van der Waals surface area (Å²) in [5, 5.41) is 0. The molecular formula is C19H18FNO3. The molecule has 0 spiro atoms. The Hall–Kier alpha value is -2.82. The predicted molar refractivity (Wildman–Crippen MR) is 89.3 cm³/mol. The zero-order valence-electron chi connectivity index (χ0n) is 13.4. The number of fused-ring (bicyclic) bond motifs is 1. The first-order valence-corrected chi connectivity index (χ1v) is 7.69. The minimum absolute atomic E-state index is 0.130. The number of benzene rings is 2. The van der Waals surface area contributed by atoms with Crippen LogP contribution in [0, 0.1) is 5.82 Å². The highest BCUT2D eigenvalue weighted by atomic mass is 19.1. The molecule has 5 heteroatoms. The minimum atomic E-state index is -0.297. The van der Waals surface area contributed by atoms with Gasteiger partial charge >= 0.3 is 0 Å². The minimum Gasteiger partial charge on any atom is -0.486 e. The zero-order chi connectivity index (χ0) is 16.9. The lowest BCUT2D eigenvalue weighted by Crippen LogP contribution is -2.24. The Bertz CT molecular complexity index is 756. The maximum Gasteiger partial charge on any atom is 0.246 e. The molecule has 24 heavy (non-hydrogen) atoms. The Morgan fingerprint density at radius 1 is 1.12 bits per heavy atom. The largest absolute Gasteiger partial charge is 0.486 e. The Morgan fingerprint density at radius 3 is 2.58 bits per heavy atom. The first-order chi connectivity index (χ1) is 11.6. The van der Waals surface area contributed by atoms with Crippen molar-refractivity contribution in [2.45, 2.75) is 6.54 Å². The second kappa shape index (κ2) is 7.17. The van der Waals surface area contributed by atoms with E-state index in [1.807, 2.05) is 18.2 Å². The van der Waals surface area contributed by atoms with E-state index in [1.165, 1.54) is 18.2 Å². The van der Waals surface area contributed by atoms with E-state index in [2.05, 4.69) is 0 Å². The summed E-state index contributed by atoms with van der Waals surface area (Å²) < 4.78 is 23.9. The topological polar surface area (TPSA) is 38.8 Å². The van der Waals surface area contributed by atoms with Gasteiger partial charge in [-0.15, -0.1) is 0 Å². The van der Waals surface area contributed by atoms with E-state index in [-0.39, 0.29) is 11.7 Å². The molecule has 3 rings (SSSR count). The van der Waals surface area contributed by atoms with E-state index >= 15 is 0 Å². The van der Waals surface area contributed by atoms with Crippen molar-refractivity contribution in [1.82, 2.24) is 4.90 Å². The average Bonchev–Trinajstić information content (AvgIpc) is 2.61. The number of carbonyl (C=O) groups is 1. The van der Waals surface area contributed by atoms with Crippen LogP contribution in [-0.2, 0) is 11.3 Å². The number of likely N-dealkylation sites (N-methyl/N-ethyl adjacent to an activating group) is 1. The molecule has 0 saturated heterocycles. The Labute approximate surface area is 140 Å². The summed E-state index contributed by atoms with van der Waals surface area (Å²) >= 11 is 0. The summed E-state index contributed by atoms with van der Waals surface area (Å²) in [5.41, 5.74) is 1.74. The molecule has 0 atom stereocenters. The van der Waals surface area contributed by atoms with Crippen molar-refractivity contribution in [1.29, 1.82) is 0 Å². The summed E-state index contributed by atoms with van der Waals surface area (Å²) in [6.07, 6.45) is 3.15. The fourth-order valence-corrected chi connectivity index (χ4v) is 2.41. The third-order valence-electron chi connectivity index (χ3n) is 3.69. The molecule has 2 aromatic carbocycles. The number of hydrogen-bond acceptors (Lipinski definition) is 3. The molecule has 0 fully saturated rings. The Kier molecular flexibility index (Phi) is 4.79. The molecule has 0 aromatic heterocycles. The predicted octanol–water partition coefficient (Wildman–Crippen LogP) is 3.27. The van der Waals surface area contributed by atoms with Crippen LogP contribution >= 0.6 is 0 Å². The van der Waals surface area contributed by atoms with Gasteiger partial charge in [-0.05, 0) is 41.5 Å². The second-order valence-electron chi connectivity index (χ2n) is 5.56. The number of carbonyl (C=O) groups excluding carboxylic acids is 1. The number of rotatable bonds is 4. The first kappa shape index (κ1) is 16.1. The van der Waals surface area contributed by atoms with Crippen molar-refractivity contribution in [3.8, 4) is 11.5 Å². The quantitative estimate of drug-likeness (QED) is 0.809. The fourth-order valence-electron chi connectivity index (χ4n) is 2.41. The average molecular weight is 327 g/mol. The van der Waals surface area contributed by atoms with Gasteiger partial charge in [0, 0.05) is 19.7 Å². The van der Waals surface area contributed by atoms with Gasteiger partial charge in [-0.3, -0.25) is 4.79 Å². The van der Waals surface area contributed by atoms with Gasteiger partial charge < -0.3 is 14.4 Å². The summed E-state index contributed by atoms with van der Waals surface area (Å²) in [7, 11) is 1.73. The molecule has 0 unspecified atom stereocenters. The lowest BCUT2D eigenvalue weighted by Gasteiger charge is -2.20. The van der Waals surface area contributed by atoms with Crippen LogP contribution in [0.15, 0.2) is 48.5 Å². The van der Waals surface area contributed by atoms with Crippen LogP contribution in [0.5, 0.6) is 11.5 Å². The van der Waals surface area contributed by atoms with Crippen LogP contribution in [0.4, 0.5) is 4.39 Å². The van der Waals surface area contributed by atoms with Gasteiger partial charge in [-0.25, -0.2) is 4.39 Å². The van der Waals surface area contributed by atoms with Gasteiger partial charge in [0.1, 0.15) is 19.0 Å². The van der Waals surface area contributed by atoms with Crippen LogP contribution in [-0.4, -0.2) is 31.1 Å². The van der Waals surface area contributed by atoms with Crippen molar-refractivity contribution in [3.63, 3.8) is 0 Å². The van der Waals surface area contributed by atoms with Crippen molar-refractivity contribution in [3.05, 3.63) is 65.5 Å². The van der Waals surface area contributed by atoms with E-state index < -0.39 is 0 Å². The molecule has 1 aliphatic rings. The first-order valence-electron chi connectivity index (χ1n) is 7.69. The summed E-state index contributed by atoms with van der Waals surface area (Å²) in [5.74, 6) is 1.01. The lowest BCUT2D eigenvalue weighted by atomic mass is 10.1. The van der Waals surface area contributed by atoms with E-state index in [4.69, 9.17) is 9.47 Å². The van der Waals surface area contributed by atoms with E-state index in [0.717, 1.165) is 16.9 Å². The van der Waals surface area contributed by atoms with E-state index in [0.29, 0.717) is 25.5 Å². The number of hydrogen-bond donors (Lipinski definition) is 0. The molecular weight excluding hydrogens is 309 g/mol. The summed E-state index contributed by atoms with van der Waals surface area (Å²) in [6, 6.07) is 11.6. The fraction of sp³-hybridized carbons (Fsp3) is 0.211. The number of halogens is 1. The Balaban J connectivity index is 1.62. The number of amides is 1. The number of ether oxygens (including phenoxy) is 2.